The largest absolute Gasteiger partial charge is 0.383 e. The molecule has 2 aromatic heterocycles. The molecule has 2 N–H and O–H groups in total. The van der Waals surface area contributed by atoms with Gasteiger partial charge in [-0.2, -0.15) is 0 Å². The van der Waals surface area contributed by atoms with Crippen molar-refractivity contribution in [3.63, 3.8) is 0 Å². The maximum absolute atomic E-state index is 5.87. The summed E-state index contributed by atoms with van der Waals surface area (Å²) < 4.78 is 5.42. The number of hydrogen-bond acceptors (Lipinski definition) is 5. The van der Waals surface area contributed by atoms with Crippen LogP contribution in [0.1, 0.15) is 11.3 Å². The van der Waals surface area contributed by atoms with Crippen LogP contribution in [0.5, 0.6) is 0 Å². The zero-order chi connectivity index (χ0) is 15.4. The van der Waals surface area contributed by atoms with E-state index in [-0.39, 0.29) is 0 Å². The number of hydrogen-bond donors (Lipinski definition) is 1. The third-order valence-electron chi connectivity index (χ3n) is 3.42. The number of benzene rings is 1. The Balaban J connectivity index is 1.66. The first-order valence-corrected chi connectivity index (χ1v) is 7.11. The lowest BCUT2D eigenvalue weighted by Gasteiger charge is -2.15. The van der Waals surface area contributed by atoms with Gasteiger partial charge in [-0.3, -0.25) is 4.90 Å². The fraction of sp³-hybridized carbons (Fsp3) is 0.176. The van der Waals surface area contributed by atoms with E-state index in [1.807, 2.05) is 55.6 Å². The molecule has 112 valence electrons. The summed E-state index contributed by atoms with van der Waals surface area (Å²) in [5.74, 6) is 1.39. The molecule has 0 aliphatic heterocycles. The molecule has 5 nitrogen and oxygen atoms in total. The second-order valence-electron chi connectivity index (χ2n) is 5.26. The number of pyridine rings is 1. The van der Waals surface area contributed by atoms with E-state index in [9.17, 15) is 0 Å². The molecule has 1 aromatic carbocycles. The first kappa shape index (κ1) is 14.3. The first-order valence-electron chi connectivity index (χ1n) is 7.11. The van der Waals surface area contributed by atoms with E-state index < -0.39 is 0 Å². The second kappa shape index (κ2) is 6.41. The van der Waals surface area contributed by atoms with Gasteiger partial charge in [0, 0.05) is 29.9 Å². The van der Waals surface area contributed by atoms with Gasteiger partial charge in [0.15, 0.2) is 5.76 Å². The van der Waals surface area contributed by atoms with E-state index in [1.54, 1.807) is 6.20 Å². The molecule has 2 heterocycles. The molecule has 0 unspecified atom stereocenters. The number of aromatic nitrogens is 2. The molecule has 0 aliphatic carbocycles. The van der Waals surface area contributed by atoms with Crippen molar-refractivity contribution < 1.29 is 4.52 Å². The third-order valence-corrected chi connectivity index (χ3v) is 3.42. The van der Waals surface area contributed by atoms with Crippen molar-refractivity contribution in [3.8, 4) is 11.3 Å². The molecule has 0 fully saturated rings. The molecule has 0 bridgehead atoms. The average molecular weight is 294 g/mol. The third kappa shape index (κ3) is 3.32. The number of nitrogen functional groups attached to an aromatic ring is 1. The van der Waals surface area contributed by atoms with Gasteiger partial charge in [-0.25, -0.2) is 4.98 Å². The zero-order valence-electron chi connectivity index (χ0n) is 12.4. The summed E-state index contributed by atoms with van der Waals surface area (Å²) >= 11 is 0. The number of rotatable bonds is 5. The Morgan fingerprint density at radius 1 is 1.09 bits per heavy atom. The van der Waals surface area contributed by atoms with E-state index in [2.05, 4.69) is 15.0 Å². The summed E-state index contributed by atoms with van der Waals surface area (Å²) in [7, 11) is 2.01. The Labute approximate surface area is 129 Å². The van der Waals surface area contributed by atoms with Crippen LogP contribution in [0.3, 0.4) is 0 Å². The van der Waals surface area contributed by atoms with E-state index in [0.29, 0.717) is 18.9 Å². The van der Waals surface area contributed by atoms with Crippen LogP contribution in [0.15, 0.2) is 59.3 Å². The van der Waals surface area contributed by atoms with Crippen LogP contribution in [0.25, 0.3) is 11.3 Å². The van der Waals surface area contributed by atoms with E-state index in [0.717, 1.165) is 22.6 Å². The van der Waals surface area contributed by atoms with Gasteiger partial charge in [-0.15, -0.1) is 0 Å². The normalized spacial score (nSPS) is 11.0. The summed E-state index contributed by atoms with van der Waals surface area (Å²) in [6.07, 6.45) is 1.70. The Kier molecular flexibility index (Phi) is 4.16. The molecule has 0 saturated heterocycles. The summed E-state index contributed by atoms with van der Waals surface area (Å²) in [5, 5.41) is 4.13. The highest BCUT2D eigenvalue weighted by Gasteiger charge is 2.10. The fourth-order valence-electron chi connectivity index (χ4n) is 2.33. The molecule has 0 saturated carbocycles. The Morgan fingerprint density at radius 3 is 2.68 bits per heavy atom. The second-order valence-corrected chi connectivity index (χ2v) is 5.26. The highest BCUT2D eigenvalue weighted by Crippen LogP contribution is 2.20. The molecule has 0 amide bonds. The smallest absolute Gasteiger partial charge is 0.151 e. The monoisotopic (exact) mass is 294 g/mol. The minimum absolute atomic E-state index is 0.567. The molecular weight excluding hydrogens is 276 g/mol. The van der Waals surface area contributed by atoms with Gasteiger partial charge in [-0.05, 0) is 13.1 Å². The quantitative estimate of drug-likeness (QED) is 0.783. The minimum Gasteiger partial charge on any atom is -0.383 e. The van der Waals surface area contributed by atoms with Crippen molar-refractivity contribution in [2.75, 3.05) is 12.8 Å². The van der Waals surface area contributed by atoms with Crippen LogP contribution >= 0.6 is 0 Å². The van der Waals surface area contributed by atoms with Crippen LogP contribution in [0.2, 0.25) is 0 Å². The predicted molar refractivity (Wildman–Crippen MR) is 85.8 cm³/mol. The lowest BCUT2D eigenvalue weighted by atomic mass is 10.1. The zero-order valence-corrected chi connectivity index (χ0v) is 12.4. The van der Waals surface area contributed by atoms with E-state index >= 15 is 0 Å². The van der Waals surface area contributed by atoms with Gasteiger partial charge < -0.3 is 10.3 Å². The van der Waals surface area contributed by atoms with Gasteiger partial charge in [0.2, 0.25) is 0 Å². The van der Waals surface area contributed by atoms with Crippen molar-refractivity contribution in [2.45, 2.75) is 13.1 Å². The predicted octanol–water partition coefficient (Wildman–Crippen LogP) is 2.95. The van der Waals surface area contributed by atoms with Crippen molar-refractivity contribution in [3.05, 3.63) is 66.1 Å². The maximum Gasteiger partial charge on any atom is 0.151 e. The van der Waals surface area contributed by atoms with Crippen molar-refractivity contribution in [1.82, 2.24) is 15.0 Å². The summed E-state index contributed by atoms with van der Waals surface area (Å²) in [5.41, 5.74) is 8.78. The molecule has 0 radical (unpaired) electrons. The average Bonchev–Trinajstić information content (AvgIpc) is 2.99. The van der Waals surface area contributed by atoms with Crippen molar-refractivity contribution >= 4 is 5.82 Å². The van der Waals surface area contributed by atoms with Gasteiger partial charge in [0.05, 0.1) is 6.54 Å². The Morgan fingerprint density at radius 2 is 1.91 bits per heavy atom. The number of anilines is 1. The van der Waals surface area contributed by atoms with Crippen molar-refractivity contribution in [2.24, 2.45) is 0 Å². The van der Waals surface area contributed by atoms with Gasteiger partial charge in [0.1, 0.15) is 11.5 Å². The van der Waals surface area contributed by atoms with Crippen LogP contribution in [0.4, 0.5) is 5.82 Å². The van der Waals surface area contributed by atoms with Gasteiger partial charge >= 0.3 is 0 Å². The SMILES string of the molecule is CN(Cc1cc(-c2ccccc2)no1)Cc1cccnc1N. The topological polar surface area (TPSA) is 68.2 Å². The molecule has 3 aromatic rings. The van der Waals surface area contributed by atoms with Crippen molar-refractivity contribution in [1.29, 1.82) is 0 Å². The minimum atomic E-state index is 0.567. The Hall–Kier alpha value is -2.66. The maximum atomic E-state index is 5.87. The molecule has 3 rings (SSSR count). The molecule has 22 heavy (non-hydrogen) atoms. The fourth-order valence-corrected chi connectivity index (χ4v) is 2.33. The lowest BCUT2D eigenvalue weighted by molar-refractivity contribution is 0.267. The van der Waals surface area contributed by atoms with E-state index in [1.165, 1.54) is 0 Å². The van der Waals surface area contributed by atoms with Gasteiger partial charge in [-0.1, -0.05) is 41.6 Å². The summed E-state index contributed by atoms with van der Waals surface area (Å²) in [6.45, 7) is 1.37. The highest BCUT2D eigenvalue weighted by molar-refractivity contribution is 5.58. The van der Waals surface area contributed by atoms with Crippen LogP contribution in [-0.4, -0.2) is 22.1 Å². The molecule has 0 atom stereocenters. The number of nitrogens with zero attached hydrogens (tertiary/aromatic N) is 3. The highest BCUT2D eigenvalue weighted by atomic mass is 16.5. The first-order chi connectivity index (χ1) is 10.7. The number of nitrogens with two attached hydrogens (primary N) is 1. The van der Waals surface area contributed by atoms with E-state index in [4.69, 9.17) is 10.3 Å². The molecule has 0 spiro atoms. The van der Waals surface area contributed by atoms with Gasteiger partial charge in [0.25, 0.3) is 0 Å². The molecule has 5 heteroatoms. The van der Waals surface area contributed by atoms with Crippen LogP contribution in [0, 0.1) is 0 Å². The molecule has 0 aliphatic rings. The Bertz CT molecular complexity index is 739. The lowest BCUT2D eigenvalue weighted by Crippen LogP contribution is -2.18. The molecular formula is C17H18N4O. The van der Waals surface area contributed by atoms with Crippen LogP contribution in [-0.2, 0) is 13.1 Å². The standard InChI is InChI=1S/C17H18N4O/c1-21(11-14-8-5-9-19-17(14)18)12-15-10-16(20-22-15)13-6-3-2-4-7-13/h2-10H,11-12H2,1H3,(H2,18,19). The summed E-state index contributed by atoms with van der Waals surface area (Å²) in [4.78, 5) is 6.21. The van der Waals surface area contributed by atoms with Crippen LogP contribution < -0.4 is 5.73 Å². The summed E-state index contributed by atoms with van der Waals surface area (Å²) in [6, 6.07) is 15.8.